The van der Waals surface area contributed by atoms with Gasteiger partial charge < -0.3 is 5.32 Å². The van der Waals surface area contributed by atoms with Crippen LogP contribution in [0.15, 0.2) is 29.9 Å². The maximum Gasteiger partial charge on any atom is 0.0982 e. The summed E-state index contributed by atoms with van der Waals surface area (Å²) >= 11 is 1.74. The number of pyridine rings is 1. The van der Waals surface area contributed by atoms with Crippen LogP contribution in [0.4, 0.5) is 0 Å². The summed E-state index contributed by atoms with van der Waals surface area (Å²) in [5.74, 6) is 0. The highest BCUT2D eigenvalue weighted by molar-refractivity contribution is 7.09. The van der Waals surface area contributed by atoms with E-state index in [0.29, 0.717) is 0 Å². The number of rotatable bonds is 4. The van der Waals surface area contributed by atoms with E-state index in [1.54, 1.807) is 17.5 Å². The third-order valence-corrected chi connectivity index (χ3v) is 3.87. The highest BCUT2D eigenvalue weighted by Crippen LogP contribution is 2.25. The molecule has 0 fully saturated rings. The fourth-order valence-electron chi connectivity index (χ4n) is 1.57. The second kappa shape index (κ2) is 5.59. The second-order valence-electron chi connectivity index (χ2n) is 5.36. The van der Waals surface area contributed by atoms with Crippen molar-refractivity contribution in [3.05, 3.63) is 46.2 Å². The standard InChI is InChI=1S/C14H19N3S/c1-14(2,3)13-17-12(10-18-13)9-16-8-11-5-4-6-15-7-11/h4-7,10,16H,8-9H2,1-3H3. The number of aromatic nitrogens is 2. The topological polar surface area (TPSA) is 37.8 Å². The van der Waals surface area contributed by atoms with E-state index in [-0.39, 0.29) is 5.41 Å². The number of hydrogen-bond acceptors (Lipinski definition) is 4. The Balaban J connectivity index is 1.86. The van der Waals surface area contributed by atoms with Crippen LogP contribution in [0.25, 0.3) is 0 Å². The fraction of sp³-hybridized carbons (Fsp3) is 0.429. The van der Waals surface area contributed by atoms with Gasteiger partial charge in [0.25, 0.3) is 0 Å². The summed E-state index contributed by atoms with van der Waals surface area (Å²) in [6.45, 7) is 8.22. The quantitative estimate of drug-likeness (QED) is 0.919. The Morgan fingerprint density at radius 1 is 1.28 bits per heavy atom. The third-order valence-electron chi connectivity index (χ3n) is 2.55. The van der Waals surface area contributed by atoms with E-state index in [1.165, 1.54) is 10.6 Å². The Hall–Kier alpha value is -1.26. The van der Waals surface area contributed by atoms with E-state index in [1.807, 2.05) is 12.3 Å². The van der Waals surface area contributed by atoms with E-state index in [0.717, 1.165) is 18.8 Å². The minimum atomic E-state index is 0.145. The van der Waals surface area contributed by atoms with Crippen LogP contribution in [0.3, 0.4) is 0 Å². The van der Waals surface area contributed by atoms with Gasteiger partial charge in [-0.05, 0) is 11.6 Å². The normalized spacial score (nSPS) is 11.7. The molecule has 0 saturated carbocycles. The van der Waals surface area contributed by atoms with E-state index < -0.39 is 0 Å². The van der Waals surface area contributed by atoms with Gasteiger partial charge in [0.05, 0.1) is 10.7 Å². The first-order valence-electron chi connectivity index (χ1n) is 6.10. The van der Waals surface area contributed by atoms with E-state index >= 15 is 0 Å². The Labute approximate surface area is 112 Å². The largest absolute Gasteiger partial charge is 0.307 e. The first kappa shape index (κ1) is 13.2. The van der Waals surface area contributed by atoms with Crippen LogP contribution in [0.5, 0.6) is 0 Å². The molecule has 0 amide bonds. The second-order valence-corrected chi connectivity index (χ2v) is 6.22. The molecule has 0 atom stereocenters. The first-order chi connectivity index (χ1) is 8.55. The van der Waals surface area contributed by atoms with Crippen LogP contribution in [0.1, 0.15) is 37.0 Å². The Morgan fingerprint density at radius 2 is 2.11 bits per heavy atom. The smallest absolute Gasteiger partial charge is 0.0982 e. The summed E-state index contributed by atoms with van der Waals surface area (Å²) in [7, 11) is 0. The molecule has 2 heterocycles. The van der Waals surface area contributed by atoms with Crippen molar-refractivity contribution >= 4 is 11.3 Å². The van der Waals surface area contributed by atoms with Gasteiger partial charge in [0.15, 0.2) is 0 Å². The molecule has 0 aliphatic carbocycles. The van der Waals surface area contributed by atoms with Crippen LogP contribution in [0.2, 0.25) is 0 Å². The molecule has 0 aliphatic heterocycles. The maximum absolute atomic E-state index is 4.65. The maximum atomic E-state index is 4.65. The van der Waals surface area contributed by atoms with Gasteiger partial charge in [-0.2, -0.15) is 0 Å². The lowest BCUT2D eigenvalue weighted by molar-refractivity contribution is 0.579. The summed E-state index contributed by atoms with van der Waals surface area (Å²) in [4.78, 5) is 8.75. The molecule has 3 nitrogen and oxygen atoms in total. The SMILES string of the molecule is CC(C)(C)c1nc(CNCc2cccnc2)cs1. The molecule has 96 valence electrons. The number of thiazole rings is 1. The van der Waals surface area contributed by atoms with Gasteiger partial charge in [-0.25, -0.2) is 4.98 Å². The summed E-state index contributed by atoms with van der Waals surface area (Å²) in [5, 5.41) is 6.72. The molecule has 0 aliphatic rings. The molecule has 0 aromatic carbocycles. The van der Waals surface area contributed by atoms with Crippen LogP contribution in [-0.4, -0.2) is 9.97 Å². The average Bonchev–Trinajstić information content (AvgIpc) is 2.79. The molecule has 0 spiro atoms. The van der Waals surface area contributed by atoms with Crippen LogP contribution >= 0.6 is 11.3 Å². The van der Waals surface area contributed by atoms with Crippen LogP contribution in [-0.2, 0) is 18.5 Å². The van der Waals surface area contributed by atoms with Crippen molar-refractivity contribution in [1.82, 2.24) is 15.3 Å². The molecule has 18 heavy (non-hydrogen) atoms. The van der Waals surface area contributed by atoms with Gasteiger partial charge in [-0.15, -0.1) is 11.3 Å². The molecule has 0 radical (unpaired) electrons. The summed E-state index contributed by atoms with van der Waals surface area (Å²) in [6, 6.07) is 4.03. The van der Waals surface area contributed by atoms with E-state index in [4.69, 9.17) is 0 Å². The molecular weight excluding hydrogens is 242 g/mol. The minimum Gasteiger partial charge on any atom is -0.307 e. The molecule has 4 heteroatoms. The van der Waals surface area contributed by atoms with Gasteiger partial charge in [-0.1, -0.05) is 26.8 Å². The molecule has 2 aromatic rings. The summed E-state index contributed by atoms with van der Waals surface area (Å²) < 4.78 is 0. The van der Waals surface area contributed by atoms with Gasteiger partial charge >= 0.3 is 0 Å². The number of hydrogen-bond donors (Lipinski definition) is 1. The van der Waals surface area contributed by atoms with Gasteiger partial charge in [-0.3, -0.25) is 4.98 Å². The lowest BCUT2D eigenvalue weighted by Gasteiger charge is -2.13. The summed E-state index contributed by atoms with van der Waals surface area (Å²) in [6.07, 6.45) is 3.67. The Kier molecular flexibility index (Phi) is 4.09. The Bertz CT molecular complexity index is 485. The van der Waals surface area contributed by atoms with Gasteiger partial charge in [0.2, 0.25) is 0 Å². The average molecular weight is 261 g/mol. The van der Waals surface area contributed by atoms with Crippen molar-refractivity contribution in [2.24, 2.45) is 0 Å². The van der Waals surface area contributed by atoms with Crippen molar-refractivity contribution in [3.63, 3.8) is 0 Å². The summed E-state index contributed by atoms with van der Waals surface area (Å²) in [5.41, 5.74) is 2.46. The zero-order chi connectivity index (χ0) is 13.0. The predicted octanol–water partition coefficient (Wildman–Crippen LogP) is 3.13. The zero-order valence-corrected chi connectivity index (χ0v) is 11.9. The zero-order valence-electron chi connectivity index (χ0n) is 11.1. The minimum absolute atomic E-state index is 0.145. The monoisotopic (exact) mass is 261 g/mol. The third kappa shape index (κ3) is 3.62. The molecule has 0 unspecified atom stereocenters. The molecule has 0 saturated heterocycles. The highest BCUT2D eigenvalue weighted by Gasteiger charge is 2.17. The number of nitrogens with one attached hydrogen (secondary N) is 1. The van der Waals surface area contributed by atoms with E-state index in [2.05, 4.69) is 47.5 Å². The van der Waals surface area contributed by atoms with Crippen molar-refractivity contribution < 1.29 is 0 Å². The van der Waals surface area contributed by atoms with Crippen molar-refractivity contribution in [2.75, 3.05) is 0 Å². The van der Waals surface area contributed by atoms with Crippen molar-refractivity contribution in [3.8, 4) is 0 Å². The van der Waals surface area contributed by atoms with E-state index in [9.17, 15) is 0 Å². The number of nitrogens with zero attached hydrogens (tertiary/aromatic N) is 2. The van der Waals surface area contributed by atoms with Gasteiger partial charge in [0, 0.05) is 36.3 Å². The lowest BCUT2D eigenvalue weighted by Crippen LogP contribution is -2.14. The highest BCUT2D eigenvalue weighted by atomic mass is 32.1. The van der Waals surface area contributed by atoms with Crippen LogP contribution < -0.4 is 5.32 Å². The molecular formula is C14H19N3S. The molecule has 2 rings (SSSR count). The first-order valence-corrected chi connectivity index (χ1v) is 6.98. The predicted molar refractivity (Wildman–Crippen MR) is 75.6 cm³/mol. The molecule has 1 N–H and O–H groups in total. The lowest BCUT2D eigenvalue weighted by atomic mass is 9.98. The Morgan fingerprint density at radius 3 is 2.72 bits per heavy atom. The fourth-order valence-corrected chi connectivity index (χ4v) is 2.48. The van der Waals surface area contributed by atoms with Crippen molar-refractivity contribution in [2.45, 2.75) is 39.3 Å². The molecule has 0 bridgehead atoms. The van der Waals surface area contributed by atoms with Crippen molar-refractivity contribution in [1.29, 1.82) is 0 Å². The van der Waals surface area contributed by atoms with Crippen LogP contribution in [0, 0.1) is 0 Å². The molecule has 2 aromatic heterocycles. The van der Waals surface area contributed by atoms with Gasteiger partial charge in [0.1, 0.15) is 0 Å².